The Bertz CT molecular complexity index is 432. The monoisotopic (exact) mass is 251 g/mol. The Kier molecular flexibility index (Phi) is 5.10. The molecular weight excluding hydrogens is 234 g/mol. The van der Waals surface area contributed by atoms with Crippen molar-refractivity contribution in [2.24, 2.45) is 5.92 Å². The standard InChI is InChI=1S/C13H17NO2S/c1-9(2)6-4-5-7-10(3)12-14-11(8-17-12)13(15)16/h4-10H,1-3H3,(H,15,16). The molecule has 0 bridgehead atoms. The molecule has 17 heavy (non-hydrogen) atoms. The summed E-state index contributed by atoms with van der Waals surface area (Å²) in [6.07, 6.45) is 8.11. The van der Waals surface area contributed by atoms with E-state index in [2.05, 4.69) is 24.9 Å². The number of carbonyl (C=O) groups is 1. The average molecular weight is 251 g/mol. The van der Waals surface area contributed by atoms with Crippen molar-refractivity contribution >= 4 is 17.3 Å². The molecule has 3 nitrogen and oxygen atoms in total. The summed E-state index contributed by atoms with van der Waals surface area (Å²) in [6.45, 7) is 6.24. The number of thiazole rings is 1. The van der Waals surface area contributed by atoms with E-state index in [1.54, 1.807) is 5.38 Å². The van der Waals surface area contributed by atoms with Gasteiger partial charge in [0.2, 0.25) is 0 Å². The van der Waals surface area contributed by atoms with Crippen LogP contribution in [0.3, 0.4) is 0 Å². The van der Waals surface area contributed by atoms with Crippen LogP contribution in [0.25, 0.3) is 0 Å². The fourth-order valence-electron chi connectivity index (χ4n) is 1.19. The minimum atomic E-state index is -0.969. The van der Waals surface area contributed by atoms with Gasteiger partial charge >= 0.3 is 5.97 Å². The van der Waals surface area contributed by atoms with E-state index in [9.17, 15) is 4.79 Å². The first-order valence-corrected chi connectivity index (χ1v) is 6.42. The molecule has 0 aliphatic carbocycles. The van der Waals surface area contributed by atoms with Crippen LogP contribution in [0.2, 0.25) is 0 Å². The highest BCUT2D eigenvalue weighted by Gasteiger charge is 2.11. The molecule has 0 radical (unpaired) electrons. The van der Waals surface area contributed by atoms with Gasteiger partial charge in [-0.2, -0.15) is 0 Å². The third-order valence-electron chi connectivity index (χ3n) is 2.14. The molecule has 1 aromatic heterocycles. The molecule has 0 saturated heterocycles. The molecule has 0 aromatic carbocycles. The van der Waals surface area contributed by atoms with Gasteiger partial charge in [-0.15, -0.1) is 11.3 Å². The maximum atomic E-state index is 10.7. The second kappa shape index (κ2) is 6.35. The van der Waals surface area contributed by atoms with Gasteiger partial charge in [-0.25, -0.2) is 9.78 Å². The molecule has 0 fully saturated rings. The Morgan fingerprint density at radius 2 is 2.00 bits per heavy atom. The van der Waals surface area contributed by atoms with Gasteiger partial charge in [-0.05, 0) is 5.92 Å². The molecule has 4 heteroatoms. The summed E-state index contributed by atoms with van der Waals surface area (Å²) in [5.41, 5.74) is 0.128. The van der Waals surface area contributed by atoms with Crippen LogP contribution in [-0.2, 0) is 0 Å². The summed E-state index contributed by atoms with van der Waals surface area (Å²) in [6, 6.07) is 0. The molecule has 0 amide bonds. The first-order chi connectivity index (χ1) is 8.00. The van der Waals surface area contributed by atoms with Crippen LogP contribution < -0.4 is 0 Å². The maximum absolute atomic E-state index is 10.7. The van der Waals surface area contributed by atoms with Crippen molar-refractivity contribution in [1.29, 1.82) is 0 Å². The summed E-state index contributed by atoms with van der Waals surface area (Å²) in [4.78, 5) is 14.8. The van der Waals surface area contributed by atoms with E-state index in [1.807, 2.05) is 25.2 Å². The number of aromatic nitrogens is 1. The van der Waals surface area contributed by atoms with Gasteiger partial charge in [-0.3, -0.25) is 0 Å². The molecule has 1 unspecified atom stereocenters. The Morgan fingerprint density at radius 3 is 2.53 bits per heavy atom. The minimum Gasteiger partial charge on any atom is -0.476 e. The number of nitrogens with zero attached hydrogens (tertiary/aromatic N) is 1. The Balaban J connectivity index is 2.63. The third kappa shape index (κ3) is 4.53. The predicted molar refractivity (Wildman–Crippen MR) is 70.6 cm³/mol. The Labute approximate surface area is 106 Å². The van der Waals surface area contributed by atoms with Crippen molar-refractivity contribution in [3.8, 4) is 0 Å². The van der Waals surface area contributed by atoms with Crippen molar-refractivity contribution in [2.45, 2.75) is 26.7 Å². The van der Waals surface area contributed by atoms with Gasteiger partial charge in [0, 0.05) is 11.3 Å². The van der Waals surface area contributed by atoms with Crippen LogP contribution in [0.5, 0.6) is 0 Å². The zero-order valence-corrected chi connectivity index (χ0v) is 11.1. The second-order valence-corrected chi connectivity index (χ2v) is 5.07. The van der Waals surface area contributed by atoms with E-state index in [0.29, 0.717) is 5.92 Å². The smallest absolute Gasteiger partial charge is 0.355 e. The Hall–Kier alpha value is -1.42. The van der Waals surface area contributed by atoms with Crippen molar-refractivity contribution < 1.29 is 9.90 Å². The molecule has 1 aromatic rings. The zero-order valence-electron chi connectivity index (χ0n) is 10.3. The van der Waals surface area contributed by atoms with Crippen LogP contribution in [0.15, 0.2) is 29.7 Å². The van der Waals surface area contributed by atoms with Crippen LogP contribution in [0.4, 0.5) is 0 Å². The number of allylic oxidation sites excluding steroid dienone is 4. The van der Waals surface area contributed by atoms with Crippen LogP contribution in [0.1, 0.15) is 42.2 Å². The van der Waals surface area contributed by atoms with E-state index in [4.69, 9.17) is 5.11 Å². The first kappa shape index (κ1) is 13.6. The summed E-state index contributed by atoms with van der Waals surface area (Å²) < 4.78 is 0. The molecule has 1 N–H and O–H groups in total. The van der Waals surface area contributed by atoms with E-state index in [1.165, 1.54) is 11.3 Å². The summed E-state index contributed by atoms with van der Waals surface area (Å²) in [5, 5.41) is 11.2. The SMILES string of the molecule is CC(C)C=CC=CC(C)c1nc(C(=O)O)cs1. The maximum Gasteiger partial charge on any atom is 0.355 e. The zero-order chi connectivity index (χ0) is 12.8. The fraction of sp³-hybridized carbons (Fsp3) is 0.385. The van der Waals surface area contributed by atoms with Crippen molar-refractivity contribution in [2.75, 3.05) is 0 Å². The van der Waals surface area contributed by atoms with Crippen molar-refractivity contribution in [3.05, 3.63) is 40.4 Å². The van der Waals surface area contributed by atoms with Crippen molar-refractivity contribution in [1.82, 2.24) is 4.98 Å². The highest BCUT2D eigenvalue weighted by atomic mass is 32.1. The van der Waals surface area contributed by atoms with E-state index in [-0.39, 0.29) is 11.6 Å². The molecule has 0 aliphatic rings. The lowest BCUT2D eigenvalue weighted by Crippen LogP contribution is -1.97. The molecule has 1 heterocycles. The van der Waals surface area contributed by atoms with Crippen LogP contribution in [-0.4, -0.2) is 16.1 Å². The summed E-state index contributed by atoms with van der Waals surface area (Å²) in [7, 11) is 0. The lowest BCUT2D eigenvalue weighted by atomic mass is 10.1. The number of hydrogen-bond acceptors (Lipinski definition) is 3. The molecule has 1 atom stereocenters. The fourth-order valence-corrected chi connectivity index (χ4v) is 2.02. The predicted octanol–water partition coefficient (Wildman–Crippen LogP) is 3.71. The highest BCUT2D eigenvalue weighted by molar-refractivity contribution is 7.09. The number of carboxylic acids is 1. The number of rotatable bonds is 5. The third-order valence-corrected chi connectivity index (χ3v) is 3.18. The quantitative estimate of drug-likeness (QED) is 0.811. The van der Waals surface area contributed by atoms with Gasteiger partial charge in [0.25, 0.3) is 0 Å². The molecule has 0 spiro atoms. The van der Waals surface area contributed by atoms with E-state index in [0.717, 1.165) is 5.01 Å². The second-order valence-electron chi connectivity index (χ2n) is 4.18. The van der Waals surface area contributed by atoms with Gasteiger partial charge in [-0.1, -0.05) is 45.1 Å². The van der Waals surface area contributed by atoms with Gasteiger partial charge in [0.15, 0.2) is 5.69 Å². The average Bonchev–Trinajstić information content (AvgIpc) is 2.73. The molecule has 0 saturated carbocycles. The lowest BCUT2D eigenvalue weighted by Gasteiger charge is -1.99. The lowest BCUT2D eigenvalue weighted by molar-refractivity contribution is 0.0691. The van der Waals surface area contributed by atoms with Gasteiger partial charge < -0.3 is 5.11 Å². The first-order valence-electron chi connectivity index (χ1n) is 5.54. The van der Waals surface area contributed by atoms with Gasteiger partial charge in [0.05, 0.1) is 0 Å². The van der Waals surface area contributed by atoms with E-state index >= 15 is 0 Å². The Morgan fingerprint density at radius 1 is 1.35 bits per heavy atom. The molecular formula is C13H17NO2S. The number of carboxylic acid groups (broad SMARTS) is 1. The van der Waals surface area contributed by atoms with E-state index < -0.39 is 5.97 Å². The van der Waals surface area contributed by atoms with Crippen molar-refractivity contribution in [3.63, 3.8) is 0 Å². The molecule has 92 valence electrons. The summed E-state index contributed by atoms with van der Waals surface area (Å²) in [5.74, 6) is -0.290. The highest BCUT2D eigenvalue weighted by Crippen LogP contribution is 2.21. The summed E-state index contributed by atoms with van der Waals surface area (Å²) >= 11 is 1.38. The number of hydrogen-bond donors (Lipinski definition) is 1. The largest absolute Gasteiger partial charge is 0.476 e. The van der Waals surface area contributed by atoms with Gasteiger partial charge in [0.1, 0.15) is 5.01 Å². The molecule has 0 aliphatic heterocycles. The topological polar surface area (TPSA) is 50.2 Å². The van der Waals surface area contributed by atoms with Crippen LogP contribution >= 0.6 is 11.3 Å². The normalized spacial score (nSPS) is 13.9. The minimum absolute atomic E-state index is 0.128. The number of aromatic carboxylic acids is 1. The molecule has 1 rings (SSSR count). The van der Waals surface area contributed by atoms with Crippen LogP contribution in [0, 0.1) is 5.92 Å².